The molecule has 2 heteroatoms. The summed E-state index contributed by atoms with van der Waals surface area (Å²) in [5, 5.41) is 9.26. The van der Waals surface area contributed by atoms with Crippen molar-refractivity contribution in [2.75, 3.05) is 11.0 Å². The third-order valence-electron chi connectivity index (χ3n) is 15.4. The third-order valence-corrected chi connectivity index (χ3v) is 16.1. The van der Waals surface area contributed by atoms with Crippen LogP contribution < -0.4 is 0 Å². The molecule has 0 aliphatic rings. The Bertz CT molecular complexity index is 663. The second kappa shape index (κ2) is 65.7. The largest absolute Gasteiger partial charge is 0.396 e. The molecule has 0 fully saturated rings. The van der Waals surface area contributed by atoms with Crippen LogP contribution in [0.2, 0.25) is 0 Å². The summed E-state index contributed by atoms with van der Waals surface area (Å²) in [6.07, 6.45) is 81.1. The molecule has 0 heterocycles. The molecule has 0 rings (SSSR count). The van der Waals surface area contributed by atoms with E-state index < -0.39 is 0 Å². The summed E-state index contributed by atoms with van der Waals surface area (Å²) in [6.45, 7) is 9.60. The fraction of sp³-hybridized carbons (Fsp3) is 1.00. The second-order valence-corrected chi connectivity index (χ2v) is 23.2. The fourth-order valence-electron chi connectivity index (χ4n) is 10.7. The van der Waals surface area contributed by atoms with Gasteiger partial charge in [-0.25, -0.2) is 0 Å². The van der Waals surface area contributed by atoms with Gasteiger partial charge in [0.2, 0.25) is 0 Å². The van der Waals surface area contributed by atoms with E-state index >= 15 is 0 Å². The van der Waals surface area contributed by atoms with Gasteiger partial charge in [-0.1, -0.05) is 384 Å². The van der Waals surface area contributed by atoms with Crippen molar-refractivity contribution in [3.05, 3.63) is 0 Å². The van der Waals surface area contributed by atoms with E-state index in [0.29, 0.717) is 6.61 Å². The maximum Gasteiger partial charge on any atom is 0.0431 e. The molecule has 0 aliphatic carbocycles. The smallest absolute Gasteiger partial charge is 0.0431 e. The lowest BCUT2D eigenvalue weighted by molar-refractivity contribution is 0.261. The van der Waals surface area contributed by atoms with Gasteiger partial charge >= 0.3 is 0 Å². The van der Waals surface area contributed by atoms with Crippen LogP contribution in [0.25, 0.3) is 0 Å². The van der Waals surface area contributed by atoms with Gasteiger partial charge < -0.3 is 5.11 Å². The molecular formula is C64H131IO. The molecule has 0 spiro atoms. The number of halogens is 1. The highest BCUT2D eigenvalue weighted by Gasteiger charge is 2.10. The number of aliphatic hydroxyl groups is 1. The number of hydrogen-bond donors (Lipinski definition) is 1. The molecule has 1 nitrogen and oxygen atoms in total. The highest BCUT2D eigenvalue weighted by Crippen LogP contribution is 2.26. The zero-order chi connectivity index (χ0) is 48.2. The van der Waals surface area contributed by atoms with Crippen LogP contribution >= 0.6 is 22.6 Å². The zero-order valence-electron chi connectivity index (χ0n) is 47.0. The van der Waals surface area contributed by atoms with Crippen LogP contribution in [0.5, 0.6) is 0 Å². The Balaban J connectivity index is 0. The predicted octanol–water partition coefficient (Wildman–Crippen LogP) is 24.6. The Labute approximate surface area is 435 Å². The average molecular weight is 1040 g/mol. The van der Waals surface area contributed by atoms with Gasteiger partial charge in [0.15, 0.2) is 0 Å². The molecule has 400 valence electrons. The number of aliphatic hydroxyl groups excluding tert-OH is 1. The van der Waals surface area contributed by atoms with Crippen LogP contribution in [0, 0.1) is 11.8 Å². The summed E-state index contributed by atoms with van der Waals surface area (Å²) < 4.78 is 1.35. The Morgan fingerprint density at radius 1 is 0.212 bits per heavy atom. The maximum atomic E-state index is 9.26. The lowest BCUT2D eigenvalue weighted by Crippen LogP contribution is -2.02. The van der Waals surface area contributed by atoms with Crippen LogP contribution in [0.3, 0.4) is 0 Å². The first kappa shape index (κ1) is 68.8. The van der Waals surface area contributed by atoms with Crippen molar-refractivity contribution in [2.45, 2.75) is 387 Å². The molecule has 0 saturated heterocycles. The SMILES string of the molecule is CCCCCCCCCCCCCCC(CCCI)CCCCCCCCCCCCCC.CCCCCCCCCCCCCCC(CCCO)CCCCCCCCCCCCCC. The average Bonchev–Trinajstić information content (AvgIpc) is 3.33. The normalized spacial score (nSPS) is 11.6. The van der Waals surface area contributed by atoms with E-state index in [9.17, 15) is 5.11 Å². The Morgan fingerprint density at radius 2 is 0.364 bits per heavy atom. The highest BCUT2D eigenvalue weighted by molar-refractivity contribution is 14.1. The summed E-state index contributed by atoms with van der Waals surface area (Å²) in [5.41, 5.74) is 0. The van der Waals surface area contributed by atoms with Gasteiger partial charge in [0.1, 0.15) is 0 Å². The molecule has 0 aromatic rings. The van der Waals surface area contributed by atoms with E-state index in [1.807, 2.05) is 0 Å². The van der Waals surface area contributed by atoms with Gasteiger partial charge in [0.25, 0.3) is 0 Å². The lowest BCUT2D eigenvalue weighted by Gasteiger charge is -2.16. The summed E-state index contributed by atoms with van der Waals surface area (Å²) in [5.74, 6) is 1.91. The van der Waals surface area contributed by atoms with Crippen LogP contribution in [0.15, 0.2) is 0 Å². The Hall–Kier alpha value is 0.690. The van der Waals surface area contributed by atoms with E-state index in [0.717, 1.165) is 18.3 Å². The number of hydrogen-bond acceptors (Lipinski definition) is 1. The molecule has 0 amide bonds. The first-order chi connectivity index (χ1) is 32.7. The molecule has 0 aromatic heterocycles. The van der Waals surface area contributed by atoms with E-state index in [1.165, 1.54) is 358 Å². The van der Waals surface area contributed by atoms with Crippen molar-refractivity contribution >= 4 is 22.6 Å². The molecule has 0 unspecified atom stereocenters. The van der Waals surface area contributed by atoms with E-state index in [2.05, 4.69) is 50.3 Å². The zero-order valence-corrected chi connectivity index (χ0v) is 49.1. The van der Waals surface area contributed by atoms with Crippen molar-refractivity contribution in [1.82, 2.24) is 0 Å². The van der Waals surface area contributed by atoms with Crippen LogP contribution in [-0.2, 0) is 0 Å². The van der Waals surface area contributed by atoms with Crippen molar-refractivity contribution < 1.29 is 5.11 Å². The fourth-order valence-corrected chi connectivity index (χ4v) is 11.1. The monoisotopic (exact) mass is 1040 g/mol. The van der Waals surface area contributed by atoms with Crippen LogP contribution in [-0.4, -0.2) is 16.1 Å². The van der Waals surface area contributed by atoms with Crippen LogP contribution in [0.4, 0.5) is 0 Å². The molecule has 0 saturated carbocycles. The Morgan fingerprint density at radius 3 is 0.530 bits per heavy atom. The summed E-state index contributed by atoms with van der Waals surface area (Å²) >= 11 is 2.57. The maximum absolute atomic E-state index is 9.26. The van der Waals surface area contributed by atoms with Gasteiger partial charge in [-0.15, -0.1) is 0 Å². The predicted molar refractivity (Wildman–Crippen MR) is 314 cm³/mol. The standard InChI is InChI=1S/C32H65I.C32H66O/c2*1-3-5-7-9-11-13-15-17-19-21-23-25-28-32(30-27-31-33)29-26-24-22-20-18-16-14-12-10-8-6-4-2/h32H,3-31H2,1-2H3;32-33H,3-31H2,1-2H3. The first-order valence-electron chi connectivity index (χ1n) is 31.9. The van der Waals surface area contributed by atoms with Gasteiger partial charge in [0.05, 0.1) is 0 Å². The van der Waals surface area contributed by atoms with Crippen LogP contribution in [0.1, 0.15) is 387 Å². The molecule has 1 N–H and O–H groups in total. The molecule has 0 atom stereocenters. The minimum atomic E-state index is 0.382. The van der Waals surface area contributed by atoms with E-state index in [4.69, 9.17) is 0 Å². The van der Waals surface area contributed by atoms with Crippen molar-refractivity contribution in [3.63, 3.8) is 0 Å². The molecule has 66 heavy (non-hydrogen) atoms. The topological polar surface area (TPSA) is 20.2 Å². The number of rotatable bonds is 58. The molecule has 0 aliphatic heterocycles. The van der Waals surface area contributed by atoms with E-state index in [-0.39, 0.29) is 0 Å². The minimum absolute atomic E-state index is 0.382. The van der Waals surface area contributed by atoms with Gasteiger partial charge in [-0.2, -0.15) is 0 Å². The molecule has 0 bridgehead atoms. The van der Waals surface area contributed by atoms with Crippen molar-refractivity contribution in [3.8, 4) is 0 Å². The van der Waals surface area contributed by atoms with Gasteiger partial charge in [-0.3, -0.25) is 0 Å². The highest BCUT2D eigenvalue weighted by atomic mass is 127. The van der Waals surface area contributed by atoms with E-state index in [1.54, 1.807) is 0 Å². The second-order valence-electron chi connectivity index (χ2n) is 22.1. The third kappa shape index (κ3) is 62.7. The molecule has 0 aromatic carbocycles. The summed E-state index contributed by atoms with van der Waals surface area (Å²) in [7, 11) is 0. The van der Waals surface area contributed by atoms with Gasteiger partial charge in [0, 0.05) is 6.61 Å². The lowest BCUT2D eigenvalue weighted by atomic mass is 9.90. The Kier molecular flexibility index (Phi) is 68.4. The summed E-state index contributed by atoms with van der Waals surface area (Å²) in [4.78, 5) is 0. The summed E-state index contributed by atoms with van der Waals surface area (Å²) in [6, 6.07) is 0. The van der Waals surface area contributed by atoms with Gasteiger partial charge in [-0.05, 0) is 41.9 Å². The number of unbranched alkanes of at least 4 members (excludes halogenated alkanes) is 44. The van der Waals surface area contributed by atoms with Crippen molar-refractivity contribution in [1.29, 1.82) is 0 Å². The number of alkyl halides is 1. The first-order valence-corrected chi connectivity index (χ1v) is 33.4. The molecular weight excluding hydrogens is 912 g/mol. The minimum Gasteiger partial charge on any atom is -0.396 e. The quantitative estimate of drug-likeness (QED) is 0.0366. The molecule has 0 radical (unpaired) electrons. The van der Waals surface area contributed by atoms with Crippen molar-refractivity contribution in [2.24, 2.45) is 11.8 Å².